The van der Waals surface area contributed by atoms with E-state index in [4.69, 9.17) is 5.26 Å². The van der Waals surface area contributed by atoms with Crippen molar-refractivity contribution >= 4 is 6.29 Å². The number of benzene rings is 1. The molecule has 1 aliphatic rings. The molecule has 15 heavy (non-hydrogen) atoms. The summed E-state index contributed by atoms with van der Waals surface area (Å²) in [6.07, 6.45) is 3.47. The summed E-state index contributed by atoms with van der Waals surface area (Å²) in [4.78, 5) is 10.7. The second kappa shape index (κ2) is 3.86. The van der Waals surface area contributed by atoms with Crippen LogP contribution in [0, 0.1) is 22.7 Å². The molecule has 76 valence electrons. The van der Waals surface area contributed by atoms with Crippen molar-refractivity contribution in [2.24, 2.45) is 11.3 Å². The van der Waals surface area contributed by atoms with Gasteiger partial charge >= 0.3 is 0 Å². The topological polar surface area (TPSA) is 40.9 Å². The van der Waals surface area contributed by atoms with Crippen LogP contribution in [-0.4, -0.2) is 6.29 Å². The minimum absolute atomic E-state index is 0.278. The molecule has 0 aliphatic heterocycles. The highest BCUT2D eigenvalue weighted by Gasteiger charge is 2.54. The normalized spacial score (nSPS) is 28.1. The van der Waals surface area contributed by atoms with Gasteiger partial charge in [0.15, 0.2) is 0 Å². The van der Waals surface area contributed by atoms with Gasteiger partial charge in [-0.3, -0.25) is 0 Å². The minimum Gasteiger partial charge on any atom is -0.302 e. The van der Waals surface area contributed by atoms with Gasteiger partial charge in [0, 0.05) is 0 Å². The first-order chi connectivity index (χ1) is 7.30. The lowest BCUT2D eigenvalue weighted by Gasteiger charge is -2.01. The van der Waals surface area contributed by atoms with Gasteiger partial charge < -0.3 is 4.79 Å². The Hall–Kier alpha value is -1.62. The van der Waals surface area contributed by atoms with E-state index >= 15 is 0 Å². The van der Waals surface area contributed by atoms with Crippen molar-refractivity contribution in [2.45, 2.75) is 19.3 Å². The van der Waals surface area contributed by atoms with Crippen LogP contribution in [0.5, 0.6) is 0 Å². The summed E-state index contributed by atoms with van der Waals surface area (Å²) in [5, 5.41) is 8.84. The lowest BCUT2D eigenvalue weighted by molar-refractivity contribution is -0.111. The highest BCUT2D eigenvalue weighted by molar-refractivity contribution is 5.69. The van der Waals surface area contributed by atoms with Gasteiger partial charge in [-0.1, -0.05) is 30.3 Å². The van der Waals surface area contributed by atoms with Crippen LogP contribution >= 0.6 is 0 Å². The molecule has 1 fully saturated rings. The number of aryl methyl sites for hydroxylation is 1. The molecule has 1 aromatic rings. The maximum Gasteiger partial charge on any atom is 0.140 e. The number of rotatable bonds is 4. The number of aldehydes is 1. The minimum atomic E-state index is -0.644. The predicted octanol–water partition coefficient (Wildman–Crippen LogP) is 2.35. The molecule has 2 heteroatoms. The van der Waals surface area contributed by atoms with Gasteiger partial charge in [0.25, 0.3) is 0 Å². The van der Waals surface area contributed by atoms with Crippen LogP contribution in [0.4, 0.5) is 0 Å². The molecule has 0 N–H and O–H groups in total. The van der Waals surface area contributed by atoms with Crippen molar-refractivity contribution in [3.63, 3.8) is 0 Å². The monoisotopic (exact) mass is 199 g/mol. The first-order valence-electron chi connectivity index (χ1n) is 5.22. The molecule has 2 unspecified atom stereocenters. The van der Waals surface area contributed by atoms with Crippen molar-refractivity contribution in [3.8, 4) is 6.07 Å². The molecule has 0 saturated heterocycles. The highest BCUT2D eigenvalue weighted by atomic mass is 16.1. The quantitative estimate of drug-likeness (QED) is 0.698. The van der Waals surface area contributed by atoms with E-state index in [9.17, 15) is 4.79 Å². The van der Waals surface area contributed by atoms with Crippen LogP contribution in [-0.2, 0) is 11.2 Å². The highest BCUT2D eigenvalue weighted by Crippen LogP contribution is 2.52. The maximum atomic E-state index is 10.7. The fourth-order valence-corrected chi connectivity index (χ4v) is 2.00. The van der Waals surface area contributed by atoms with Crippen LogP contribution < -0.4 is 0 Å². The molecule has 0 amide bonds. The van der Waals surface area contributed by atoms with E-state index in [0.717, 1.165) is 25.5 Å². The van der Waals surface area contributed by atoms with E-state index in [-0.39, 0.29) is 5.92 Å². The third-order valence-electron chi connectivity index (χ3n) is 3.20. The molecule has 2 rings (SSSR count). The van der Waals surface area contributed by atoms with Gasteiger partial charge in [0.05, 0.1) is 6.07 Å². The van der Waals surface area contributed by atoms with Crippen LogP contribution in [0.3, 0.4) is 0 Å². The van der Waals surface area contributed by atoms with E-state index in [0.29, 0.717) is 0 Å². The Bertz CT molecular complexity index is 393. The maximum absolute atomic E-state index is 10.7. The fraction of sp³-hybridized carbons (Fsp3) is 0.385. The molecule has 0 aromatic heterocycles. The zero-order chi connectivity index (χ0) is 10.7. The largest absolute Gasteiger partial charge is 0.302 e. The summed E-state index contributed by atoms with van der Waals surface area (Å²) >= 11 is 0. The number of hydrogen-bond donors (Lipinski definition) is 0. The zero-order valence-electron chi connectivity index (χ0n) is 8.52. The number of carbonyl (C=O) groups is 1. The average molecular weight is 199 g/mol. The van der Waals surface area contributed by atoms with Gasteiger partial charge in [-0.2, -0.15) is 5.26 Å². The smallest absolute Gasteiger partial charge is 0.140 e. The lowest BCUT2D eigenvalue weighted by atomic mass is 10.0. The summed E-state index contributed by atoms with van der Waals surface area (Å²) in [6, 6.07) is 12.3. The van der Waals surface area contributed by atoms with E-state index in [1.807, 2.05) is 18.2 Å². The molecule has 0 spiro atoms. The van der Waals surface area contributed by atoms with E-state index < -0.39 is 5.41 Å². The first-order valence-corrected chi connectivity index (χ1v) is 5.22. The molecule has 2 atom stereocenters. The van der Waals surface area contributed by atoms with E-state index in [1.165, 1.54) is 5.56 Å². The molecule has 0 radical (unpaired) electrons. The SMILES string of the molecule is N#CC1(C=O)CC1CCc1ccccc1. The standard InChI is InChI=1S/C13H13NO/c14-9-13(10-15)8-12(13)7-6-11-4-2-1-3-5-11/h1-5,10,12H,6-8H2. The van der Waals surface area contributed by atoms with Crippen molar-refractivity contribution in [1.82, 2.24) is 0 Å². The summed E-state index contributed by atoms with van der Waals surface area (Å²) in [5.74, 6) is 0.278. The Morgan fingerprint density at radius 1 is 1.47 bits per heavy atom. The van der Waals surface area contributed by atoms with Crippen molar-refractivity contribution in [3.05, 3.63) is 35.9 Å². The Morgan fingerprint density at radius 3 is 2.73 bits per heavy atom. The third kappa shape index (κ3) is 1.92. The summed E-state index contributed by atoms with van der Waals surface area (Å²) < 4.78 is 0. The summed E-state index contributed by atoms with van der Waals surface area (Å²) in [6.45, 7) is 0. The molecule has 1 saturated carbocycles. The first kappa shape index (κ1) is 9.92. The molecule has 0 bridgehead atoms. The molecule has 1 aliphatic carbocycles. The van der Waals surface area contributed by atoms with E-state index in [1.54, 1.807) is 0 Å². The summed E-state index contributed by atoms with van der Waals surface area (Å²) in [7, 11) is 0. The van der Waals surface area contributed by atoms with Crippen LogP contribution in [0.1, 0.15) is 18.4 Å². The number of hydrogen-bond acceptors (Lipinski definition) is 2. The third-order valence-corrected chi connectivity index (χ3v) is 3.20. The predicted molar refractivity (Wildman–Crippen MR) is 57.0 cm³/mol. The van der Waals surface area contributed by atoms with E-state index in [2.05, 4.69) is 18.2 Å². The van der Waals surface area contributed by atoms with Crippen LogP contribution in [0.25, 0.3) is 0 Å². The Kier molecular flexibility index (Phi) is 2.55. The molecular formula is C13H13NO. The van der Waals surface area contributed by atoms with Gasteiger partial charge in [-0.05, 0) is 30.7 Å². The van der Waals surface area contributed by atoms with Gasteiger partial charge in [-0.25, -0.2) is 0 Å². The van der Waals surface area contributed by atoms with Crippen molar-refractivity contribution in [2.75, 3.05) is 0 Å². The molecular weight excluding hydrogens is 186 g/mol. The number of nitrogens with zero attached hydrogens (tertiary/aromatic N) is 1. The van der Waals surface area contributed by atoms with Crippen molar-refractivity contribution in [1.29, 1.82) is 5.26 Å². The molecule has 2 nitrogen and oxygen atoms in total. The Labute approximate surface area is 89.5 Å². The Balaban J connectivity index is 1.87. The second-order valence-corrected chi connectivity index (χ2v) is 4.20. The lowest BCUT2D eigenvalue weighted by Crippen LogP contribution is -2.02. The fourth-order valence-electron chi connectivity index (χ4n) is 2.00. The zero-order valence-corrected chi connectivity index (χ0v) is 8.52. The van der Waals surface area contributed by atoms with Gasteiger partial charge in [0.2, 0.25) is 0 Å². The number of nitriles is 1. The number of carbonyl (C=O) groups excluding carboxylic acids is 1. The molecule has 0 heterocycles. The van der Waals surface area contributed by atoms with Crippen molar-refractivity contribution < 1.29 is 4.79 Å². The van der Waals surface area contributed by atoms with Gasteiger partial charge in [-0.15, -0.1) is 0 Å². The molecule has 1 aromatic carbocycles. The van der Waals surface area contributed by atoms with Gasteiger partial charge in [0.1, 0.15) is 11.7 Å². The Morgan fingerprint density at radius 2 is 2.20 bits per heavy atom. The average Bonchev–Trinajstić information content (AvgIpc) is 3.02. The van der Waals surface area contributed by atoms with Crippen LogP contribution in [0.2, 0.25) is 0 Å². The second-order valence-electron chi connectivity index (χ2n) is 4.20. The summed E-state index contributed by atoms with van der Waals surface area (Å²) in [5.41, 5.74) is 0.636. The van der Waals surface area contributed by atoms with Crippen LogP contribution in [0.15, 0.2) is 30.3 Å².